The number of ether oxygens (including phenoxy) is 2. The Hall–Kier alpha value is -3.65. The number of carbonyl (C=O) groups is 2. The summed E-state index contributed by atoms with van der Waals surface area (Å²) in [7, 11) is 1.53. The van der Waals surface area contributed by atoms with Crippen molar-refractivity contribution >= 4 is 40.6 Å². The summed E-state index contributed by atoms with van der Waals surface area (Å²) in [5.41, 5.74) is 2.69. The lowest BCUT2D eigenvalue weighted by molar-refractivity contribution is -0.114. The number of hydrogen-bond acceptors (Lipinski definition) is 6. The van der Waals surface area contributed by atoms with Crippen LogP contribution in [0.3, 0.4) is 0 Å². The minimum atomic E-state index is -0.334. The third-order valence-electron chi connectivity index (χ3n) is 4.16. The van der Waals surface area contributed by atoms with Crippen molar-refractivity contribution in [1.82, 2.24) is 4.98 Å². The highest BCUT2D eigenvalue weighted by molar-refractivity contribution is 7.09. The maximum Gasteiger partial charge on any atom is 0.248 e. The van der Waals surface area contributed by atoms with E-state index in [9.17, 15) is 9.59 Å². The van der Waals surface area contributed by atoms with E-state index in [0.717, 1.165) is 22.0 Å². The zero-order valence-electron chi connectivity index (χ0n) is 17.5. The first-order valence-corrected chi connectivity index (χ1v) is 10.4. The number of nitrogens with one attached hydrogen (secondary N) is 2. The average Bonchev–Trinajstić information content (AvgIpc) is 3.17. The number of nitrogens with zero attached hydrogens (tertiary/aromatic N) is 1. The van der Waals surface area contributed by atoms with Gasteiger partial charge in [0.2, 0.25) is 11.8 Å². The number of aromatic nitrogens is 1. The lowest BCUT2D eigenvalue weighted by Crippen LogP contribution is -2.13. The quantitative estimate of drug-likeness (QED) is 0.501. The molecule has 0 unspecified atom stereocenters. The van der Waals surface area contributed by atoms with E-state index in [1.54, 1.807) is 35.6 Å². The third kappa shape index (κ3) is 6.68. The standard InChI is InChI=1S/C23H23N3O4S/c1-15(27)24-21-10-9-20(29-3)12-22(21)26-23(28)11-6-17-4-7-19(8-5-17)30-13-18-14-31-16(2)25-18/h4-12,14H,13H2,1-3H3,(H,24,27)(H,26,28). The van der Waals surface area contributed by atoms with Crippen molar-refractivity contribution < 1.29 is 19.1 Å². The van der Waals surface area contributed by atoms with Gasteiger partial charge in [-0.05, 0) is 42.8 Å². The minimum absolute atomic E-state index is 0.233. The zero-order valence-corrected chi connectivity index (χ0v) is 18.3. The van der Waals surface area contributed by atoms with Crippen LogP contribution in [-0.4, -0.2) is 23.9 Å². The Morgan fingerprint density at radius 1 is 1.06 bits per heavy atom. The van der Waals surface area contributed by atoms with Gasteiger partial charge in [0, 0.05) is 24.4 Å². The summed E-state index contributed by atoms with van der Waals surface area (Å²) in [6, 6.07) is 12.4. The number of rotatable bonds is 8. The number of anilines is 2. The number of hydrogen-bond donors (Lipinski definition) is 2. The van der Waals surface area contributed by atoms with Crippen molar-refractivity contribution in [1.29, 1.82) is 0 Å². The lowest BCUT2D eigenvalue weighted by atomic mass is 10.2. The highest BCUT2D eigenvalue weighted by Gasteiger charge is 2.08. The summed E-state index contributed by atoms with van der Waals surface area (Å²) in [4.78, 5) is 28.1. The van der Waals surface area contributed by atoms with Crippen LogP contribution in [0.2, 0.25) is 0 Å². The van der Waals surface area contributed by atoms with E-state index >= 15 is 0 Å². The second kappa shape index (κ2) is 10.4. The summed E-state index contributed by atoms with van der Waals surface area (Å²) in [5.74, 6) is 0.725. The molecule has 160 valence electrons. The van der Waals surface area contributed by atoms with E-state index in [2.05, 4.69) is 15.6 Å². The Morgan fingerprint density at radius 3 is 2.45 bits per heavy atom. The van der Waals surface area contributed by atoms with E-state index < -0.39 is 0 Å². The molecule has 3 rings (SSSR count). The Labute approximate surface area is 184 Å². The molecule has 0 spiro atoms. The average molecular weight is 438 g/mol. The molecule has 1 heterocycles. The van der Waals surface area contributed by atoms with Crippen LogP contribution in [0.4, 0.5) is 11.4 Å². The van der Waals surface area contributed by atoms with E-state index in [1.165, 1.54) is 20.1 Å². The minimum Gasteiger partial charge on any atom is -0.497 e. The first-order chi connectivity index (χ1) is 14.9. The van der Waals surface area contributed by atoms with Gasteiger partial charge in [0.15, 0.2) is 0 Å². The van der Waals surface area contributed by atoms with Crippen molar-refractivity contribution in [2.24, 2.45) is 0 Å². The van der Waals surface area contributed by atoms with Crippen molar-refractivity contribution in [3.8, 4) is 11.5 Å². The van der Waals surface area contributed by atoms with Crippen molar-refractivity contribution in [3.63, 3.8) is 0 Å². The molecule has 0 atom stereocenters. The van der Waals surface area contributed by atoms with Gasteiger partial charge in [-0.25, -0.2) is 4.98 Å². The summed E-state index contributed by atoms with van der Waals surface area (Å²) >= 11 is 1.59. The monoisotopic (exact) mass is 437 g/mol. The topological polar surface area (TPSA) is 89.6 Å². The van der Waals surface area contributed by atoms with E-state index in [1.807, 2.05) is 36.6 Å². The fourth-order valence-electron chi connectivity index (χ4n) is 2.71. The molecule has 2 aromatic carbocycles. The number of aryl methyl sites for hydroxylation is 1. The highest BCUT2D eigenvalue weighted by Crippen LogP contribution is 2.27. The van der Waals surface area contributed by atoms with Crippen LogP contribution in [0, 0.1) is 6.92 Å². The SMILES string of the molecule is COc1ccc(NC(C)=O)c(NC(=O)C=Cc2ccc(OCc3csc(C)n3)cc2)c1. The molecule has 31 heavy (non-hydrogen) atoms. The molecule has 0 bridgehead atoms. The van der Waals surface area contributed by atoms with Gasteiger partial charge in [-0.2, -0.15) is 0 Å². The maximum atomic E-state index is 12.4. The van der Waals surface area contributed by atoms with Gasteiger partial charge in [0.1, 0.15) is 18.1 Å². The summed E-state index contributed by atoms with van der Waals surface area (Å²) < 4.78 is 10.9. The summed E-state index contributed by atoms with van der Waals surface area (Å²) in [6.45, 7) is 3.78. The van der Waals surface area contributed by atoms with Crippen LogP contribution < -0.4 is 20.1 Å². The highest BCUT2D eigenvalue weighted by atomic mass is 32.1. The molecule has 0 fully saturated rings. The van der Waals surface area contributed by atoms with Crippen LogP contribution >= 0.6 is 11.3 Å². The zero-order chi connectivity index (χ0) is 22.2. The van der Waals surface area contributed by atoms with Crippen molar-refractivity contribution in [3.05, 3.63) is 70.2 Å². The number of carbonyl (C=O) groups excluding carboxylic acids is 2. The Bertz CT molecular complexity index is 1090. The molecule has 2 amide bonds. The van der Waals surface area contributed by atoms with Crippen LogP contribution in [0.1, 0.15) is 23.2 Å². The molecule has 7 nitrogen and oxygen atoms in total. The first kappa shape index (κ1) is 22.0. The van der Waals surface area contributed by atoms with Crippen LogP contribution in [-0.2, 0) is 16.2 Å². The Morgan fingerprint density at radius 2 is 1.81 bits per heavy atom. The van der Waals surface area contributed by atoms with Crippen molar-refractivity contribution in [2.45, 2.75) is 20.5 Å². The van der Waals surface area contributed by atoms with E-state index in [-0.39, 0.29) is 11.8 Å². The second-order valence-electron chi connectivity index (χ2n) is 6.63. The fraction of sp³-hybridized carbons (Fsp3) is 0.174. The number of benzene rings is 2. The van der Waals surface area contributed by atoms with Gasteiger partial charge in [-0.15, -0.1) is 11.3 Å². The molecule has 8 heteroatoms. The van der Waals surface area contributed by atoms with Gasteiger partial charge < -0.3 is 20.1 Å². The molecule has 0 aliphatic heterocycles. The smallest absolute Gasteiger partial charge is 0.248 e. The molecule has 1 aromatic heterocycles. The van der Waals surface area contributed by atoms with Gasteiger partial charge in [0.05, 0.1) is 29.2 Å². The Balaban J connectivity index is 1.60. The van der Waals surface area contributed by atoms with Crippen LogP contribution in [0.15, 0.2) is 53.9 Å². The largest absolute Gasteiger partial charge is 0.497 e. The molecule has 0 saturated carbocycles. The number of thiazole rings is 1. The first-order valence-electron chi connectivity index (χ1n) is 9.51. The predicted octanol–water partition coefficient (Wildman–Crippen LogP) is 4.65. The molecule has 3 aromatic rings. The van der Waals surface area contributed by atoms with Gasteiger partial charge in [-0.1, -0.05) is 12.1 Å². The van der Waals surface area contributed by atoms with Gasteiger partial charge in [-0.3, -0.25) is 9.59 Å². The molecule has 0 aliphatic carbocycles. The summed E-state index contributed by atoms with van der Waals surface area (Å²) in [5, 5.41) is 8.43. The van der Waals surface area contributed by atoms with Crippen LogP contribution in [0.25, 0.3) is 6.08 Å². The van der Waals surface area contributed by atoms with Crippen molar-refractivity contribution in [2.75, 3.05) is 17.7 Å². The third-order valence-corrected chi connectivity index (χ3v) is 4.98. The molecular formula is C23H23N3O4S. The molecule has 0 radical (unpaired) electrons. The Kier molecular flexibility index (Phi) is 7.40. The van der Waals surface area contributed by atoms with E-state index in [4.69, 9.17) is 9.47 Å². The van der Waals surface area contributed by atoms with Gasteiger partial charge in [0.25, 0.3) is 0 Å². The second-order valence-corrected chi connectivity index (χ2v) is 7.69. The number of methoxy groups -OCH3 is 1. The fourth-order valence-corrected chi connectivity index (χ4v) is 3.30. The summed E-state index contributed by atoms with van der Waals surface area (Å²) in [6.07, 6.45) is 3.12. The molecule has 0 saturated heterocycles. The normalized spacial score (nSPS) is 10.7. The number of amides is 2. The predicted molar refractivity (Wildman–Crippen MR) is 123 cm³/mol. The molecule has 2 N–H and O–H groups in total. The maximum absolute atomic E-state index is 12.4. The molecule has 0 aliphatic rings. The van der Waals surface area contributed by atoms with Gasteiger partial charge >= 0.3 is 0 Å². The van der Waals surface area contributed by atoms with Crippen LogP contribution in [0.5, 0.6) is 11.5 Å². The molecular weight excluding hydrogens is 414 g/mol. The lowest BCUT2D eigenvalue weighted by Gasteiger charge is -2.12. The van der Waals surface area contributed by atoms with E-state index in [0.29, 0.717) is 23.7 Å².